The molecule has 4 rings (SSSR count). The van der Waals surface area contributed by atoms with E-state index in [4.69, 9.17) is 11.6 Å². The summed E-state index contributed by atoms with van der Waals surface area (Å²) in [7, 11) is 0. The van der Waals surface area contributed by atoms with Crippen molar-refractivity contribution in [2.45, 2.75) is 13.3 Å². The summed E-state index contributed by atoms with van der Waals surface area (Å²) in [4.78, 5) is 18.0. The molecule has 0 aliphatic carbocycles. The van der Waals surface area contributed by atoms with Crippen molar-refractivity contribution in [1.29, 1.82) is 0 Å². The van der Waals surface area contributed by atoms with E-state index >= 15 is 0 Å². The lowest BCUT2D eigenvalue weighted by molar-refractivity contribution is -0.115. The topological polar surface area (TPSA) is 54.0 Å². The number of carbonyl (C=O) groups excluding carboxylic acids is 1. The first-order chi connectivity index (χ1) is 13.6. The van der Waals surface area contributed by atoms with Gasteiger partial charge in [-0.1, -0.05) is 23.7 Å². The molecule has 2 heterocycles. The number of thiophene rings is 1. The van der Waals surface area contributed by atoms with E-state index in [0.717, 1.165) is 38.5 Å². The first-order valence-electron chi connectivity index (χ1n) is 8.83. The van der Waals surface area contributed by atoms with Crippen molar-refractivity contribution in [3.8, 4) is 0 Å². The molecule has 140 valence electrons. The molecule has 0 aliphatic heterocycles. The van der Waals surface area contributed by atoms with Gasteiger partial charge in [-0.15, -0.1) is 11.3 Å². The maximum Gasteiger partial charge on any atom is 0.229 e. The Hall–Kier alpha value is -2.89. The van der Waals surface area contributed by atoms with Gasteiger partial charge in [0.1, 0.15) is 5.82 Å². The molecule has 4 aromatic rings. The van der Waals surface area contributed by atoms with E-state index in [-0.39, 0.29) is 5.91 Å². The van der Waals surface area contributed by atoms with Crippen LogP contribution < -0.4 is 10.6 Å². The molecule has 2 aromatic heterocycles. The lowest BCUT2D eigenvalue weighted by atomic mass is 10.1. The molecule has 0 atom stereocenters. The molecule has 0 fully saturated rings. The molecule has 0 unspecified atom stereocenters. The molecule has 6 heteroatoms. The van der Waals surface area contributed by atoms with E-state index in [9.17, 15) is 4.79 Å². The number of amides is 1. The second kappa shape index (κ2) is 8.00. The Morgan fingerprint density at radius 3 is 2.75 bits per heavy atom. The standard InChI is InChI=1S/C22H18ClN3OS/c1-14-10-21(24-16-5-2-4-15(23)11-16)26-20-8-7-17(12-19(14)20)25-22(27)13-18-6-3-9-28-18/h2-12H,13H2,1H3,(H,24,26)(H,25,27). The van der Waals surface area contributed by atoms with Crippen LogP contribution in [-0.2, 0) is 11.2 Å². The molecule has 2 aromatic carbocycles. The van der Waals surface area contributed by atoms with Gasteiger partial charge in [0.05, 0.1) is 11.9 Å². The van der Waals surface area contributed by atoms with E-state index in [1.165, 1.54) is 0 Å². The minimum absolute atomic E-state index is 0.0216. The molecule has 0 saturated heterocycles. The van der Waals surface area contributed by atoms with Crippen LogP contribution in [0.15, 0.2) is 66.0 Å². The van der Waals surface area contributed by atoms with Gasteiger partial charge in [-0.3, -0.25) is 4.79 Å². The maximum absolute atomic E-state index is 12.2. The molecule has 0 saturated carbocycles. The van der Waals surface area contributed by atoms with Crippen LogP contribution in [0.3, 0.4) is 0 Å². The summed E-state index contributed by atoms with van der Waals surface area (Å²) < 4.78 is 0. The Balaban J connectivity index is 1.55. The third-order valence-corrected chi connectivity index (χ3v) is 5.42. The second-order valence-corrected chi connectivity index (χ2v) is 7.96. The number of benzene rings is 2. The van der Waals surface area contributed by atoms with Gasteiger partial charge in [0.25, 0.3) is 0 Å². The summed E-state index contributed by atoms with van der Waals surface area (Å²) >= 11 is 7.63. The smallest absolute Gasteiger partial charge is 0.229 e. The van der Waals surface area contributed by atoms with Gasteiger partial charge < -0.3 is 10.6 Å². The quantitative estimate of drug-likeness (QED) is 0.415. The molecule has 1 amide bonds. The van der Waals surface area contributed by atoms with Gasteiger partial charge in [-0.2, -0.15) is 0 Å². The van der Waals surface area contributed by atoms with Gasteiger partial charge in [0, 0.05) is 26.7 Å². The fourth-order valence-electron chi connectivity index (χ4n) is 3.03. The average Bonchev–Trinajstić information content (AvgIpc) is 3.15. The lowest BCUT2D eigenvalue weighted by Gasteiger charge is -2.11. The highest BCUT2D eigenvalue weighted by atomic mass is 35.5. The normalized spacial score (nSPS) is 10.8. The number of fused-ring (bicyclic) bond motifs is 1. The number of aromatic nitrogens is 1. The van der Waals surface area contributed by atoms with E-state index in [2.05, 4.69) is 15.6 Å². The van der Waals surface area contributed by atoms with Gasteiger partial charge in [0.15, 0.2) is 0 Å². The number of hydrogen-bond donors (Lipinski definition) is 2. The van der Waals surface area contributed by atoms with E-state index in [1.807, 2.05) is 73.0 Å². The highest BCUT2D eigenvalue weighted by Crippen LogP contribution is 2.26. The third kappa shape index (κ3) is 4.32. The van der Waals surface area contributed by atoms with Crippen LogP contribution in [0.4, 0.5) is 17.2 Å². The summed E-state index contributed by atoms with van der Waals surface area (Å²) in [6, 6.07) is 19.2. The number of aryl methyl sites for hydroxylation is 1. The van der Waals surface area contributed by atoms with Crippen molar-refractivity contribution in [3.05, 3.63) is 81.5 Å². The van der Waals surface area contributed by atoms with Gasteiger partial charge in [-0.25, -0.2) is 4.98 Å². The number of nitrogens with zero attached hydrogens (tertiary/aromatic N) is 1. The number of pyridine rings is 1. The van der Waals surface area contributed by atoms with Crippen LogP contribution in [0.2, 0.25) is 5.02 Å². The minimum Gasteiger partial charge on any atom is -0.340 e. The Bertz CT molecular complexity index is 1140. The summed E-state index contributed by atoms with van der Waals surface area (Å²) in [5.41, 5.74) is 3.59. The summed E-state index contributed by atoms with van der Waals surface area (Å²) in [6.45, 7) is 2.03. The van der Waals surface area contributed by atoms with Crippen molar-refractivity contribution in [2.75, 3.05) is 10.6 Å². The van der Waals surface area contributed by atoms with Crippen LogP contribution in [0, 0.1) is 6.92 Å². The zero-order valence-electron chi connectivity index (χ0n) is 15.2. The molecule has 0 bridgehead atoms. The zero-order valence-corrected chi connectivity index (χ0v) is 16.8. The zero-order chi connectivity index (χ0) is 19.5. The average molecular weight is 408 g/mol. The summed E-state index contributed by atoms with van der Waals surface area (Å²) in [6.07, 6.45) is 0.384. The molecule has 2 N–H and O–H groups in total. The van der Waals surface area contributed by atoms with E-state index in [1.54, 1.807) is 11.3 Å². The number of hydrogen-bond acceptors (Lipinski definition) is 4. The lowest BCUT2D eigenvalue weighted by Crippen LogP contribution is -2.13. The number of rotatable bonds is 5. The van der Waals surface area contributed by atoms with Crippen LogP contribution in [0.1, 0.15) is 10.4 Å². The maximum atomic E-state index is 12.2. The van der Waals surface area contributed by atoms with Crippen LogP contribution in [0.5, 0.6) is 0 Å². The van der Waals surface area contributed by atoms with E-state index < -0.39 is 0 Å². The van der Waals surface area contributed by atoms with Crippen molar-refractivity contribution >= 4 is 56.9 Å². The molecule has 0 aliphatic rings. The van der Waals surface area contributed by atoms with Crippen LogP contribution >= 0.6 is 22.9 Å². The van der Waals surface area contributed by atoms with Crippen molar-refractivity contribution in [2.24, 2.45) is 0 Å². The molecule has 0 radical (unpaired) electrons. The van der Waals surface area contributed by atoms with Crippen LogP contribution in [0.25, 0.3) is 10.9 Å². The number of halogens is 1. The van der Waals surface area contributed by atoms with Crippen molar-refractivity contribution in [3.63, 3.8) is 0 Å². The molecular weight excluding hydrogens is 390 g/mol. The monoisotopic (exact) mass is 407 g/mol. The number of carbonyl (C=O) groups is 1. The molecule has 4 nitrogen and oxygen atoms in total. The van der Waals surface area contributed by atoms with E-state index in [0.29, 0.717) is 11.4 Å². The fourth-order valence-corrected chi connectivity index (χ4v) is 3.92. The Labute approximate surface area is 172 Å². The SMILES string of the molecule is Cc1cc(Nc2cccc(Cl)c2)nc2ccc(NC(=O)Cc3cccs3)cc12. The van der Waals surface area contributed by atoms with Crippen molar-refractivity contribution in [1.82, 2.24) is 4.98 Å². The molecule has 0 spiro atoms. The minimum atomic E-state index is -0.0216. The summed E-state index contributed by atoms with van der Waals surface area (Å²) in [5, 5.41) is 9.91. The number of anilines is 3. The first kappa shape index (κ1) is 18.5. The van der Waals surface area contributed by atoms with Gasteiger partial charge in [0.2, 0.25) is 5.91 Å². The highest BCUT2D eigenvalue weighted by molar-refractivity contribution is 7.10. The predicted octanol–water partition coefficient (Wildman–Crippen LogP) is 6.18. The Morgan fingerprint density at radius 2 is 1.96 bits per heavy atom. The Morgan fingerprint density at radius 1 is 1.07 bits per heavy atom. The van der Waals surface area contributed by atoms with Crippen LogP contribution in [-0.4, -0.2) is 10.9 Å². The molecule has 28 heavy (non-hydrogen) atoms. The third-order valence-electron chi connectivity index (χ3n) is 4.31. The second-order valence-electron chi connectivity index (χ2n) is 6.50. The molecular formula is C22H18ClN3OS. The largest absolute Gasteiger partial charge is 0.340 e. The summed E-state index contributed by atoms with van der Waals surface area (Å²) in [5.74, 6) is 0.730. The van der Waals surface area contributed by atoms with Gasteiger partial charge >= 0.3 is 0 Å². The fraction of sp³-hybridized carbons (Fsp3) is 0.0909. The van der Waals surface area contributed by atoms with Gasteiger partial charge in [-0.05, 0) is 66.4 Å². The highest BCUT2D eigenvalue weighted by Gasteiger charge is 2.08. The number of nitrogens with one attached hydrogen (secondary N) is 2. The first-order valence-corrected chi connectivity index (χ1v) is 10.1. The van der Waals surface area contributed by atoms with Crippen molar-refractivity contribution < 1.29 is 4.79 Å². The Kier molecular flexibility index (Phi) is 5.28. The predicted molar refractivity (Wildman–Crippen MR) is 118 cm³/mol.